The Morgan fingerprint density at radius 2 is 2.00 bits per heavy atom. The van der Waals surface area contributed by atoms with E-state index in [9.17, 15) is 0 Å². The predicted octanol–water partition coefficient (Wildman–Crippen LogP) is 1.93. The molecule has 2 aromatic rings. The molecule has 2 nitrogen and oxygen atoms in total. The van der Waals surface area contributed by atoms with Crippen molar-refractivity contribution in [1.82, 2.24) is 0 Å². The largest absolute Gasteiger partial charge is 0.480 e. The summed E-state index contributed by atoms with van der Waals surface area (Å²) in [6.07, 6.45) is 1.72. The molecule has 1 aromatic carbocycles. The first-order valence-corrected chi connectivity index (χ1v) is 5.10. The Morgan fingerprint density at radius 1 is 1.21 bits per heavy atom. The molecule has 0 aliphatic carbocycles. The summed E-state index contributed by atoms with van der Waals surface area (Å²) in [5.74, 6) is 1.35. The summed E-state index contributed by atoms with van der Waals surface area (Å²) >= 11 is 1.63. The number of benzene rings is 1. The molecule has 0 spiro atoms. The van der Waals surface area contributed by atoms with Crippen molar-refractivity contribution in [3.05, 3.63) is 41.2 Å². The third-order valence-electron chi connectivity index (χ3n) is 1.88. The molecule has 1 heterocycles. The van der Waals surface area contributed by atoms with Gasteiger partial charge in [0, 0.05) is 9.58 Å². The highest BCUT2D eigenvalue weighted by atomic mass is 32.1. The average molecular weight is 204 g/mol. The van der Waals surface area contributed by atoms with Crippen LogP contribution in [-0.4, -0.2) is 17.2 Å². The summed E-state index contributed by atoms with van der Waals surface area (Å²) in [4.78, 5) is 1.03. The van der Waals surface area contributed by atoms with E-state index >= 15 is 0 Å². The van der Waals surface area contributed by atoms with Crippen LogP contribution in [0.25, 0.3) is 16.2 Å². The third kappa shape index (κ3) is 2.04. The summed E-state index contributed by atoms with van der Waals surface area (Å²) in [6.45, 7) is 0. The molecular weight excluding hydrogens is 195 g/mol. The number of thiophene rings is 1. The topological polar surface area (TPSA) is 40.5 Å². The molecule has 4 heteroatoms. The highest BCUT2D eigenvalue weighted by Gasteiger charge is 2.01. The van der Waals surface area contributed by atoms with Gasteiger partial charge in [-0.1, -0.05) is 30.3 Å². The molecule has 2 N–H and O–H groups in total. The molecule has 1 aromatic heterocycles. The molecule has 70 valence electrons. The van der Waals surface area contributed by atoms with Gasteiger partial charge < -0.3 is 10.0 Å². The normalized spacial score (nSPS) is 11.3. The van der Waals surface area contributed by atoms with Crippen molar-refractivity contribution in [2.45, 2.75) is 0 Å². The van der Waals surface area contributed by atoms with Crippen LogP contribution in [0.4, 0.5) is 0 Å². The van der Waals surface area contributed by atoms with Crippen molar-refractivity contribution < 1.29 is 10.0 Å². The minimum absolute atomic E-state index is 1.03. The number of hydrogen-bond acceptors (Lipinski definition) is 3. The van der Waals surface area contributed by atoms with E-state index in [4.69, 9.17) is 10.0 Å². The molecule has 0 aliphatic rings. The average Bonchev–Trinajstić information content (AvgIpc) is 2.57. The summed E-state index contributed by atoms with van der Waals surface area (Å²) in [5.41, 5.74) is 0. The minimum Gasteiger partial charge on any atom is -0.424 e. The lowest BCUT2D eigenvalue weighted by Gasteiger charge is -1.84. The van der Waals surface area contributed by atoms with Crippen molar-refractivity contribution in [3.63, 3.8) is 0 Å². The lowest BCUT2D eigenvalue weighted by Crippen LogP contribution is -2.04. The van der Waals surface area contributed by atoms with Gasteiger partial charge in [0.15, 0.2) is 0 Å². The Hall–Kier alpha value is -1.10. The second kappa shape index (κ2) is 3.96. The number of hydrogen-bond donors (Lipinski definition) is 2. The van der Waals surface area contributed by atoms with Crippen LogP contribution in [0.5, 0.6) is 0 Å². The van der Waals surface area contributed by atoms with Gasteiger partial charge in [0.25, 0.3) is 0 Å². The van der Waals surface area contributed by atoms with E-state index in [1.807, 2.05) is 30.3 Å². The van der Waals surface area contributed by atoms with Crippen molar-refractivity contribution in [1.29, 1.82) is 0 Å². The molecule has 0 amide bonds. The van der Waals surface area contributed by atoms with E-state index in [1.54, 1.807) is 17.4 Å². The van der Waals surface area contributed by atoms with Crippen LogP contribution in [0.2, 0.25) is 0 Å². The van der Waals surface area contributed by atoms with Gasteiger partial charge in [-0.3, -0.25) is 0 Å². The van der Waals surface area contributed by atoms with Crippen molar-refractivity contribution >= 4 is 34.6 Å². The highest BCUT2D eigenvalue weighted by molar-refractivity contribution is 7.19. The van der Waals surface area contributed by atoms with Gasteiger partial charge in [-0.25, -0.2) is 0 Å². The number of rotatable bonds is 2. The first-order chi connectivity index (χ1) is 6.75. The van der Waals surface area contributed by atoms with E-state index in [0.29, 0.717) is 0 Å². The van der Waals surface area contributed by atoms with Crippen LogP contribution in [0.15, 0.2) is 36.3 Å². The summed E-state index contributed by atoms with van der Waals surface area (Å²) in [5, 5.41) is 18.5. The lowest BCUT2D eigenvalue weighted by atomic mass is 9.92. The molecule has 0 saturated carbocycles. The SMILES string of the molecule is OB(O)C=Cc1cc2ccccc2s1. The maximum absolute atomic E-state index is 8.66. The lowest BCUT2D eigenvalue weighted by molar-refractivity contribution is 0.424. The molecule has 0 aliphatic heterocycles. The molecular formula is C10H9BO2S. The second-order valence-electron chi connectivity index (χ2n) is 2.96. The van der Waals surface area contributed by atoms with Gasteiger partial charge in [0.05, 0.1) is 0 Å². The van der Waals surface area contributed by atoms with Crippen LogP contribution >= 0.6 is 11.3 Å². The monoisotopic (exact) mass is 204 g/mol. The van der Waals surface area contributed by atoms with Crippen LogP contribution in [0.3, 0.4) is 0 Å². The Balaban J connectivity index is 2.36. The van der Waals surface area contributed by atoms with E-state index in [-0.39, 0.29) is 0 Å². The molecule has 0 atom stereocenters. The van der Waals surface area contributed by atoms with Gasteiger partial charge in [0.2, 0.25) is 0 Å². The maximum atomic E-state index is 8.66. The fourth-order valence-electron chi connectivity index (χ4n) is 1.27. The first kappa shape index (κ1) is 9.46. The van der Waals surface area contributed by atoms with E-state index in [2.05, 4.69) is 0 Å². The molecule has 0 fully saturated rings. The minimum atomic E-state index is -1.37. The van der Waals surface area contributed by atoms with E-state index < -0.39 is 7.12 Å². The van der Waals surface area contributed by atoms with Crippen LogP contribution < -0.4 is 0 Å². The Kier molecular flexibility index (Phi) is 2.68. The van der Waals surface area contributed by atoms with Crippen molar-refractivity contribution in [2.24, 2.45) is 0 Å². The zero-order chi connectivity index (χ0) is 9.97. The zero-order valence-corrected chi connectivity index (χ0v) is 8.24. The summed E-state index contributed by atoms with van der Waals surface area (Å²) < 4.78 is 1.21. The standard InChI is InChI=1S/C10H9BO2S/c12-11(13)6-5-9-7-8-3-1-2-4-10(8)14-9/h1-7,12-13H. The van der Waals surface area contributed by atoms with Crippen LogP contribution in [-0.2, 0) is 0 Å². The summed E-state index contributed by atoms with van der Waals surface area (Å²) in [7, 11) is -1.37. The molecule has 14 heavy (non-hydrogen) atoms. The third-order valence-corrected chi connectivity index (χ3v) is 2.96. The molecule has 2 rings (SSSR count). The molecule has 0 saturated heterocycles. The van der Waals surface area contributed by atoms with E-state index in [1.165, 1.54) is 16.1 Å². The fourth-order valence-corrected chi connectivity index (χ4v) is 2.24. The van der Waals surface area contributed by atoms with Gasteiger partial charge in [-0.2, -0.15) is 0 Å². The number of fused-ring (bicyclic) bond motifs is 1. The highest BCUT2D eigenvalue weighted by Crippen LogP contribution is 2.25. The van der Waals surface area contributed by atoms with Crippen LogP contribution in [0, 0.1) is 0 Å². The van der Waals surface area contributed by atoms with Gasteiger partial charge in [-0.05, 0) is 17.5 Å². The quantitative estimate of drug-likeness (QED) is 0.733. The van der Waals surface area contributed by atoms with Crippen molar-refractivity contribution in [3.8, 4) is 0 Å². The first-order valence-electron chi connectivity index (χ1n) is 4.28. The van der Waals surface area contributed by atoms with Gasteiger partial charge in [-0.15, -0.1) is 11.3 Å². The second-order valence-corrected chi connectivity index (χ2v) is 4.07. The fraction of sp³-hybridized carbons (Fsp3) is 0. The van der Waals surface area contributed by atoms with Crippen molar-refractivity contribution in [2.75, 3.05) is 0 Å². The van der Waals surface area contributed by atoms with Gasteiger partial charge >= 0.3 is 7.12 Å². The Bertz CT molecular complexity index is 429. The Morgan fingerprint density at radius 3 is 2.71 bits per heavy atom. The summed E-state index contributed by atoms with van der Waals surface area (Å²) in [6, 6.07) is 10.1. The predicted molar refractivity (Wildman–Crippen MR) is 61.1 cm³/mol. The van der Waals surface area contributed by atoms with E-state index in [0.717, 1.165) is 4.88 Å². The zero-order valence-electron chi connectivity index (χ0n) is 7.42. The molecule has 0 radical (unpaired) electrons. The maximum Gasteiger partial charge on any atom is 0.480 e. The van der Waals surface area contributed by atoms with Gasteiger partial charge in [0.1, 0.15) is 0 Å². The van der Waals surface area contributed by atoms with Crippen LogP contribution in [0.1, 0.15) is 4.88 Å². The molecule has 0 bridgehead atoms. The Labute approximate surface area is 86.3 Å². The smallest absolute Gasteiger partial charge is 0.424 e. The molecule has 0 unspecified atom stereocenters.